The molecule has 0 saturated heterocycles. The number of aromatic nitrogens is 1. The van der Waals surface area contributed by atoms with E-state index in [4.69, 9.17) is 28.9 Å². The van der Waals surface area contributed by atoms with E-state index in [-0.39, 0.29) is 34.5 Å². The summed E-state index contributed by atoms with van der Waals surface area (Å²) in [5.41, 5.74) is 4.28. The van der Waals surface area contributed by atoms with E-state index < -0.39 is 18.1 Å². The molecule has 1 aromatic heterocycles. The summed E-state index contributed by atoms with van der Waals surface area (Å²) in [6.45, 7) is 0.322. The number of aliphatic imine (C=N–C) groups is 1. The number of rotatable bonds is 4. The van der Waals surface area contributed by atoms with Gasteiger partial charge in [-0.05, 0) is 30.7 Å². The first-order valence-electron chi connectivity index (χ1n) is 7.92. The minimum absolute atomic E-state index is 0.0455. The molecule has 0 aliphatic carbocycles. The Morgan fingerprint density at radius 1 is 1.30 bits per heavy atom. The number of hydrogen-bond donors (Lipinski definition) is 1. The SMILES string of the molecule is C[C@]1(c2cc(CC(=O)c3ccc(Cl)cn3)ccc2Cl)N=C(N)OCC1(F)F. The van der Waals surface area contributed by atoms with E-state index in [0.29, 0.717) is 10.6 Å². The average Bonchev–Trinajstić information content (AvgIpc) is 2.61. The quantitative estimate of drug-likeness (QED) is 0.768. The fourth-order valence-electron chi connectivity index (χ4n) is 2.77. The van der Waals surface area contributed by atoms with Crippen LogP contribution in [0, 0.1) is 0 Å². The monoisotopic (exact) mass is 413 g/mol. The second-order valence-corrected chi connectivity index (χ2v) is 7.13. The smallest absolute Gasteiger partial charge is 0.310 e. The molecule has 9 heteroatoms. The van der Waals surface area contributed by atoms with Gasteiger partial charge in [-0.25, -0.2) is 4.99 Å². The molecule has 1 atom stereocenters. The second kappa shape index (κ2) is 7.05. The summed E-state index contributed by atoms with van der Waals surface area (Å²) in [5.74, 6) is -3.62. The van der Waals surface area contributed by atoms with Gasteiger partial charge in [0.15, 0.2) is 17.9 Å². The van der Waals surface area contributed by atoms with Gasteiger partial charge in [-0.3, -0.25) is 9.78 Å². The van der Waals surface area contributed by atoms with Crippen LogP contribution in [-0.4, -0.2) is 29.3 Å². The maximum Gasteiger partial charge on any atom is 0.310 e. The number of carbonyl (C=O) groups is 1. The molecule has 27 heavy (non-hydrogen) atoms. The van der Waals surface area contributed by atoms with Gasteiger partial charge >= 0.3 is 5.92 Å². The number of ether oxygens (including phenoxy) is 1. The number of ketones is 1. The number of benzene rings is 1. The number of amidine groups is 1. The highest BCUT2D eigenvalue weighted by Gasteiger charge is 2.56. The number of hydrogen-bond acceptors (Lipinski definition) is 5. The van der Waals surface area contributed by atoms with Crippen LogP contribution in [0.25, 0.3) is 0 Å². The standard InChI is InChI=1S/C18H15Cl2F2N3O2/c1-17(18(21,22)9-27-16(23)25-17)12-6-10(2-4-13(12)20)7-15(26)14-5-3-11(19)8-24-14/h2-6,8H,7,9H2,1H3,(H2,23,25)/t17-/m1/s1. The van der Waals surface area contributed by atoms with Crippen LogP contribution in [0.5, 0.6) is 0 Å². The van der Waals surface area contributed by atoms with Gasteiger partial charge in [0.25, 0.3) is 6.02 Å². The minimum atomic E-state index is -3.33. The van der Waals surface area contributed by atoms with E-state index in [2.05, 4.69) is 14.7 Å². The Kier molecular flexibility index (Phi) is 5.10. The summed E-state index contributed by atoms with van der Waals surface area (Å²) in [5, 5.41) is 0.502. The average molecular weight is 414 g/mol. The molecular formula is C18H15Cl2F2N3O2. The van der Waals surface area contributed by atoms with Gasteiger partial charge in [0.2, 0.25) is 0 Å². The number of carbonyl (C=O) groups excluding carboxylic acids is 1. The third-order valence-corrected chi connectivity index (χ3v) is 4.93. The summed E-state index contributed by atoms with van der Waals surface area (Å²) in [4.78, 5) is 20.2. The lowest BCUT2D eigenvalue weighted by Crippen LogP contribution is -2.51. The van der Waals surface area contributed by atoms with Crippen molar-refractivity contribution in [2.45, 2.75) is 24.8 Å². The molecule has 2 aromatic rings. The number of alkyl halides is 2. The van der Waals surface area contributed by atoms with Crippen molar-refractivity contribution in [3.8, 4) is 0 Å². The molecule has 0 radical (unpaired) electrons. The summed E-state index contributed by atoms with van der Waals surface area (Å²) >= 11 is 11.9. The largest absolute Gasteiger partial charge is 0.459 e. The highest BCUT2D eigenvalue weighted by molar-refractivity contribution is 6.31. The highest BCUT2D eigenvalue weighted by atomic mass is 35.5. The van der Waals surface area contributed by atoms with Crippen molar-refractivity contribution in [1.29, 1.82) is 0 Å². The molecule has 0 saturated carbocycles. The Labute approximate surface area is 164 Å². The molecule has 0 unspecified atom stereocenters. The molecule has 2 heterocycles. The molecular weight excluding hydrogens is 399 g/mol. The van der Waals surface area contributed by atoms with Crippen molar-refractivity contribution >= 4 is 35.0 Å². The highest BCUT2D eigenvalue weighted by Crippen LogP contribution is 2.46. The van der Waals surface area contributed by atoms with Crippen molar-refractivity contribution in [2.24, 2.45) is 10.7 Å². The zero-order valence-corrected chi connectivity index (χ0v) is 15.7. The molecule has 5 nitrogen and oxygen atoms in total. The zero-order valence-electron chi connectivity index (χ0n) is 14.2. The maximum absolute atomic E-state index is 14.6. The zero-order chi connectivity index (χ0) is 19.8. The summed E-state index contributed by atoms with van der Waals surface area (Å²) in [6, 6.07) is 7.19. The molecule has 1 aliphatic heterocycles. The number of nitrogens with zero attached hydrogens (tertiary/aromatic N) is 2. The van der Waals surface area contributed by atoms with Crippen LogP contribution in [0.2, 0.25) is 10.0 Å². The van der Waals surface area contributed by atoms with Crippen LogP contribution in [-0.2, 0) is 16.7 Å². The summed E-state index contributed by atoms with van der Waals surface area (Å²) in [7, 11) is 0. The third kappa shape index (κ3) is 3.75. The van der Waals surface area contributed by atoms with E-state index in [1.807, 2.05) is 0 Å². The first kappa shape index (κ1) is 19.5. The lowest BCUT2D eigenvalue weighted by Gasteiger charge is -2.38. The van der Waals surface area contributed by atoms with Gasteiger partial charge < -0.3 is 10.5 Å². The maximum atomic E-state index is 14.6. The molecule has 0 spiro atoms. The van der Waals surface area contributed by atoms with E-state index >= 15 is 0 Å². The van der Waals surface area contributed by atoms with Gasteiger partial charge in [0.1, 0.15) is 5.69 Å². The number of nitrogens with two attached hydrogens (primary N) is 1. The van der Waals surface area contributed by atoms with E-state index in [1.54, 1.807) is 12.1 Å². The Bertz CT molecular complexity index is 919. The van der Waals surface area contributed by atoms with Crippen LogP contribution in [0.4, 0.5) is 8.78 Å². The third-order valence-electron chi connectivity index (χ3n) is 4.38. The first-order valence-corrected chi connectivity index (χ1v) is 8.67. The van der Waals surface area contributed by atoms with Crippen molar-refractivity contribution < 1.29 is 18.3 Å². The van der Waals surface area contributed by atoms with Crippen molar-refractivity contribution in [2.75, 3.05) is 6.61 Å². The molecule has 0 fully saturated rings. The lowest BCUT2D eigenvalue weighted by molar-refractivity contribution is -0.116. The van der Waals surface area contributed by atoms with Gasteiger partial charge in [0.05, 0.1) is 5.02 Å². The Morgan fingerprint density at radius 3 is 2.70 bits per heavy atom. The fourth-order valence-corrected chi connectivity index (χ4v) is 3.18. The topological polar surface area (TPSA) is 77.6 Å². The number of halogens is 4. The van der Waals surface area contributed by atoms with Gasteiger partial charge in [0, 0.05) is 23.2 Å². The molecule has 0 amide bonds. The molecule has 142 valence electrons. The van der Waals surface area contributed by atoms with Crippen LogP contribution in [0.3, 0.4) is 0 Å². The van der Waals surface area contributed by atoms with Crippen molar-refractivity contribution in [3.05, 3.63) is 63.4 Å². The molecule has 0 bridgehead atoms. The van der Waals surface area contributed by atoms with Crippen LogP contribution in [0.15, 0.2) is 41.5 Å². The van der Waals surface area contributed by atoms with Gasteiger partial charge in [-0.2, -0.15) is 8.78 Å². The first-order chi connectivity index (χ1) is 12.6. The lowest BCUT2D eigenvalue weighted by atomic mass is 9.84. The predicted octanol–water partition coefficient (Wildman–Crippen LogP) is 4.01. The molecule has 1 aromatic carbocycles. The summed E-state index contributed by atoms with van der Waals surface area (Å²) < 4.78 is 33.8. The van der Waals surface area contributed by atoms with Crippen molar-refractivity contribution in [3.63, 3.8) is 0 Å². The number of pyridine rings is 1. The molecule has 1 aliphatic rings. The van der Waals surface area contributed by atoms with E-state index in [0.717, 1.165) is 0 Å². The Morgan fingerprint density at radius 2 is 2.04 bits per heavy atom. The number of Topliss-reactive ketones (excluding diaryl/α,β-unsaturated/α-hetero) is 1. The fraction of sp³-hybridized carbons (Fsp3) is 0.278. The van der Waals surface area contributed by atoms with E-state index in [9.17, 15) is 13.6 Å². The molecule has 2 N–H and O–H groups in total. The Balaban J connectivity index is 1.96. The van der Waals surface area contributed by atoms with E-state index in [1.165, 1.54) is 31.3 Å². The van der Waals surface area contributed by atoms with Crippen LogP contribution >= 0.6 is 23.2 Å². The van der Waals surface area contributed by atoms with Crippen LogP contribution in [0.1, 0.15) is 28.5 Å². The van der Waals surface area contributed by atoms with Crippen LogP contribution < -0.4 is 5.73 Å². The normalized spacial score (nSPS) is 21.3. The van der Waals surface area contributed by atoms with Gasteiger partial charge in [-0.1, -0.05) is 35.3 Å². The summed E-state index contributed by atoms with van der Waals surface area (Å²) in [6.07, 6.45) is 1.32. The minimum Gasteiger partial charge on any atom is -0.459 e. The Hall–Kier alpha value is -2.25. The molecule has 3 rings (SSSR count). The second-order valence-electron chi connectivity index (χ2n) is 6.29. The van der Waals surface area contributed by atoms with Gasteiger partial charge in [-0.15, -0.1) is 0 Å². The van der Waals surface area contributed by atoms with Crippen molar-refractivity contribution in [1.82, 2.24) is 4.98 Å². The predicted molar refractivity (Wildman–Crippen MR) is 98.6 cm³/mol.